The summed E-state index contributed by atoms with van der Waals surface area (Å²) in [5.74, 6) is -0.619. The number of rotatable bonds is 8. The number of carbonyl (C=O) groups excluding carboxylic acids is 3. The quantitative estimate of drug-likeness (QED) is 0.534. The van der Waals surface area contributed by atoms with Crippen molar-refractivity contribution in [1.82, 2.24) is 0 Å². The van der Waals surface area contributed by atoms with Crippen LogP contribution in [0.1, 0.15) is 24.2 Å². The van der Waals surface area contributed by atoms with Gasteiger partial charge in [0.1, 0.15) is 11.5 Å². The lowest BCUT2D eigenvalue weighted by atomic mass is 10.1. The van der Waals surface area contributed by atoms with Crippen LogP contribution < -0.4 is 14.8 Å². The average Bonchev–Trinajstić information content (AvgIpc) is 2.66. The summed E-state index contributed by atoms with van der Waals surface area (Å²) >= 11 is 5.92. The third-order valence-electron chi connectivity index (χ3n) is 3.69. The van der Waals surface area contributed by atoms with E-state index in [1.807, 2.05) is 0 Å². The lowest BCUT2D eigenvalue weighted by Gasteiger charge is -2.15. The Balaban J connectivity index is 1.89. The molecule has 28 heavy (non-hydrogen) atoms. The number of hydrogen-bond donors (Lipinski definition) is 1. The summed E-state index contributed by atoms with van der Waals surface area (Å²) in [5.41, 5.74) is 0.828. The van der Waals surface area contributed by atoms with Crippen molar-refractivity contribution in [1.29, 1.82) is 0 Å². The van der Waals surface area contributed by atoms with Crippen molar-refractivity contribution in [2.45, 2.75) is 20.0 Å². The molecule has 0 aliphatic rings. The van der Waals surface area contributed by atoms with Crippen LogP contribution in [-0.2, 0) is 14.3 Å². The Morgan fingerprint density at radius 1 is 1.14 bits per heavy atom. The number of halogens is 1. The van der Waals surface area contributed by atoms with Gasteiger partial charge in [0.25, 0.3) is 5.91 Å². The van der Waals surface area contributed by atoms with Gasteiger partial charge in [-0.1, -0.05) is 23.7 Å². The summed E-state index contributed by atoms with van der Waals surface area (Å²) < 4.78 is 15.5. The number of Topliss-reactive ketones (excluding diaryl/α,β-unsaturated/α-hetero) is 1. The molecule has 2 aromatic rings. The van der Waals surface area contributed by atoms with Gasteiger partial charge in [-0.05, 0) is 44.2 Å². The van der Waals surface area contributed by atoms with Crippen molar-refractivity contribution >= 4 is 34.9 Å². The second kappa shape index (κ2) is 9.75. The molecule has 0 unspecified atom stereocenters. The van der Waals surface area contributed by atoms with E-state index in [0.29, 0.717) is 27.8 Å². The maximum atomic E-state index is 12.3. The fourth-order valence-electron chi connectivity index (χ4n) is 2.24. The molecular formula is C20H20ClNO6. The van der Waals surface area contributed by atoms with Gasteiger partial charge >= 0.3 is 5.97 Å². The molecule has 0 aliphatic heterocycles. The molecule has 0 saturated heterocycles. The Hall–Kier alpha value is -3.06. The molecule has 0 aromatic heterocycles. The third-order valence-corrected chi connectivity index (χ3v) is 3.93. The van der Waals surface area contributed by atoms with Crippen molar-refractivity contribution in [3.8, 4) is 11.5 Å². The Kier molecular flexibility index (Phi) is 7.40. The minimum Gasteiger partial charge on any atom is -0.495 e. The molecule has 0 radical (unpaired) electrons. The highest BCUT2D eigenvalue weighted by Gasteiger charge is 2.20. The number of amides is 1. The number of methoxy groups -OCH3 is 1. The molecule has 1 atom stereocenters. The van der Waals surface area contributed by atoms with Gasteiger partial charge in [-0.2, -0.15) is 0 Å². The van der Waals surface area contributed by atoms with Gasteiger partial charge in [0.05, 0.1) is 12.8 Å². The minimum atomic E-state index is -1.07. The normalized spacial score (nSPS) is 11.3. The molecule has 2 aromatic carbocycles. The molecule has 0 spiro atoms. The van der Waals surface area contributed by atoms with E-state index in [0.717, 1.165) is 0 Å². The molecule has 148 valence electrons. The highest BCUT2D eigenvalue weighted by Crippen LogP contribution is 2.27. The van der Waals surface area contributed by atoms with E-state index >= 15 is 0 Å². The van der Waals surface area contributed by atoms with Crippen LogP contribution in [0, 0.1) is 0 Å². The molecule has 8 heteroatoms. The molecule has 1 N–H and O–H groups in total. The monoisotopic (exact) mass is 405 g/mol. The standard InChI is InChI=1S/C20H20ClNO6/c1-12(23)14-5-4-6-16(9-14)27-11-19(24)28-13(2)20(25)22-17-10-15(21)7-8-18(17)26-3/h4-10,13H,11H2,1-3H3,(H,22,25)/t13-/m1/s1. The zero-order chi connectivity index (χ0) is 20.7. The lowest BCUT2D eigenvalue weighted by molar-refractivity contribution is -0.155. The van der Waals surface area contributed by atoms with Crippen LogP contribution in [0.5, 0.6) is 11.5 Å². The highest BCUT2D eigenvalue weighted by molar-refractivity contribution is 6.31. The number of esters is 1. The van der Waals surface area contributed by atoms with Crippen LogP contribution in [0.2, 0.25) is 5.02 Å². The number of nitrogens with one attached hydrogen (secondary N) is 1. The molecule has 1 amide bonds. The summed E-state index contributed by atoms with van der Waals surface area (Å²) in [4.78, 5) is 35.6. The predicted octanol–water partition coefficient (Wildman–Crippen LogP) is 3.50. The van der Waals surface area contributed by atoms with Gasteiger partial charge in [0.15, 0.2) is 18.5 Å². The fraction of sp³-hybridized carbons (Fsp3) is 0.250. The number of anilines is 1. The van der Waals surface area contributed by atoms with Crippen LogP contribution >= 0.6 is 11.6 Å². The smallest absolute Gasteiger partial charge is 0.344 e. The Bertz CT molecular complexity index is 883. The van der Waals surface area contributed by atoms with Crippen LogP contribution in [0.3, 0.4) is 0 Å². The van der Waals surface area contributed by atoms with Crippen molar-refractivity contribution in [2.24, 2.45) is 0 Å². The van der Waals surface area contributed by atoms with E-state index in [9.17, 15) is 14.4 Å². The topological polar surface area (TPSA) is 90.9 Å². The first-order chi connectivity index (χ1) is 13.3. The van der Waals surface area contributed by atoms with Gasteiger partial charge in [-0.3, -0.25) is 9.59 Å². The first-order valence-electron chi connectivity index (χ1n) is 8.38. The summed E-state index contributed by atoms with van der Waals surface area (Å²) in [6.45, 7) is 2.46. The van der Waals surface area contributed by atoms with Gasteiger partial charge in [-0.25, -0.2) is 4.79 Å². The van der Waals surface area contributed by atoms with Crippen molar-refractivity contribution in [2.75, 3.05) is 19.0 Å². The van der Waals surface area contributed by atoms with E-state index in [4.69, 9.17) is 25.8 Å². The highest BCUT2D eigenvalue weighted by atomic mass is 35.5. The molecule has 7 nitrogen and oxygen atoms in total. The second-order valence-electron chi connectivity index (χ2n) is 5.84. The van der Waals surface area contributed by atoms with Crippen LogP contribution in [0.15, 0.2) is 42.5 Å². The van der Waals surface area contributed by atoms with Gasteiger partial charge in [-0.15, -0.1) is 0 Å². The van der Waals surface area contributed by atoms with E-state index in [-0.39, 0.29) is 5.78 Å². The molecule has 0 fully saturated rings. The summed E-state index contributed by atoms with van der Waals surface area (Å²) in [6, 6.07) is 11.2. The second-order valence-corrected chi connectivity index (χ2v) is 6.28. The number of carbonyl (C=O) groups is 3. The number of ketones is 1. The third kappa shape index (κ3) is 5.99. The SMILES string of the molecule is COc1ccc(Cl)cc1NC(=O)[C@@H](C)OC(=O)COc1cccc(C(C)=O)c1. The summed E-state index contributed by atoms with van der Waals surface area (Å²) in [5, 5.41) is 3.02. The van der Waals surface area contributed by atoms with Gasteiger partial charge < -0.3 is 19.5 Å². The zero-order valence-corrected chi connectivity index (χ0v) is 16.4. The summed E-state index contributed by atoms with van der Waals surface area (Å²) in [6.07, 6.45) is -1.07. The van der Waals surface area contributed by atoms with Crippen molar-refractivity contribution < 1.29 is 28.6 Å². The van der Waals surface area contributed by atoms with Crippen LogP contribution in [0.25, 0.3) is 0 Å². The molecule has 0 aliphatic carbocycles. The van der Waals surface area contributed by atoms with Crippen LogP contribution in [0.4, 0.5) is 5.69 Å². The summed E-state index contributed by atoms with van der Waals surface area (Å²) in [7, 11) is 1.46. The zero-order valence-electron chi connectivity index (χ0n) is 15.7. The van der Waals surface area contributed by atoms with E-state index in [2.05, 4.69) is 5.32 Å². The average molecular weight is 406 g/mol. The van der Waals surface area contributed by atoms with Crippen molar-refractivity contribution in [3.63, 3.8) is 0 Å². The Morgan fingerprint density at radius 2 is 1.89 bits per heavy atom. The van der Waals surface area contributed by atoms with Gasteiger partial charge in [0, 0.05) is 10.6 Å². The fourth-order valence-corrected chi connectivity index (χ4v) is 2.42. The number of benzene rings is 2. The molecule has 0 bridgehead atoms. The Morgan fingerprint density at radius 3 is 2.57 bits per heavy atom. The van der Waals surface area contributed by atoms with E-state index in [1.165, 1.54) is 33.1 Å². The molecule has 2 rings (SSSR count). The molecule has 0 heterocycles. The minimum absolute atomic E-state index is 0.116. The number of hydrogen-bond acceptors (Lipinski definition) is 6. The van der Waals surface area contributed by atoms with Crippen molar-refractivity contribution in [3.05, 3.63) is 53.1 Å². The molecular weight excluding hydrogens is 386 g/mol. The maximum absolute atomic E-state index is 12.3. The maximum Gasteiger partial charge on any atom is 0.344 e. The predicted molar refractivity (Wildman–Crippen MR) is 104 cm³/mol. The van der Waals surface area contributed by atoms with E-state index in [1.54, 1.807) is 30.3 Å². The molecule has 0 saturated carbocycles. The largest absolute Gasteiger partial charge is 0.495 e. The first-order valence-corrected chi connectivity index (χ1v) is 8.75. The number of ether oxygens (including phenoxy) is 3. The van der Waals surface area contributed by atoms with E-state index < -0.39 is 24.6 Å². The van der Waals surface area contributed by atoms with Crippen LogP contribution in [-0.4, -0.2) is 37.5 Å². The lowest BCUT2D eigenvalue weighted by Crippen LogP contribution is -2.31. The first kappa shape index (κ1) is 21.2. The Labute approximate surface area is 167 Å². The van der Waals surface area contributed by atoms with Gasteiger partial charge in [0.2, 0.25) is 0 Å².